The molecular formula is C13H15F3N2. The number of anilines is 1. The number of nitrogens with one attached hydrogen (secondary N) is 2. The summed E-state index contributed by atoms with van der Waals surface area (Å²) in [5, 5.41) is 5.95. The van der Waals surface area contributed by atoms with Gasteiger partial charge in [0.25, 0.3) is 0 Å². The Bertz CT molecular complexity index is 452. The molecule has 1 aliphatic carbocycles. The molecule has 1 saturated carbocycles. The number of para-hydroxylation sites is 1. The van der Waals surface area contributed by atoms with Crippen molar-refractivity contribution in [3.63, 3.8) is 0 Å². The molecule has 1 aliphatic heterocycles. The largest absolute Gasteiger partial charge is 0.406 e. The van der Waals surface area contributed by atoms with Gasteiger partial charge in [-0.15, -0.1) is 0 Å². The van der Waals surface area contributed by atoms with Crippen LogP contribution in [0.5, 0.6) is 0 Å². The topological polar surface area (TPSA) is 24.1 Å². The van der Waals surface area contributed by atoms with E-state index in [1.165, 1.54) is 0 Å². The van der Waals surface area contributed by atoms with Gasteiger partial charge in [0.05, 0.1) is 0 Å². The van der Waals surface area contributed by atoms with E-state index in [1.54, 1.807) is 0 Å². The van der Waals surface area contributed by atoms with Crippen LogP contribution < -0.4 is 10.6 Å². The first kappa shape index (κ1) is 11.8. The quantitative estimate of drug-likeness (QED) is 0.869. The molecular weight excluding hydrogens is 241 g/mol. The molecule has 3 rings (SSSR count). The fraction of sp³-hybridized carbons (Fsp3) is 0.538. The second kappa shape index (κ2) is 3.88. The minimum absolute atomic E-state index is 0.126. The third kappa shape index (κ3) is 1.86. The standard InChI is InChI=1S/C13H15F3N2/c14-13(15,16)12(5-6-12)18-8-9-7-17-11-4-2-1-3-10(9)11/h1-4,9,17-18H,5-8H2. The first-order valence-electron chi connectivity index (χ1n) is 6.16. The van der Waals surface area contributed by atoms with Gasteiger partial charge in [0.1, 0.15) is 5.54 Å². The summed E-state index contributed by atoms with van der Waals surface area (Å²) in [6.45, 7) is 1.09. The zero-order valence-corrected chi connectivity index (χ0v) is 9.85. The van der Waals surface area contributed by atoms with Crippen LogP contribution in [0.3, 0.4) is 0 Å². The molecule has 1 aromatic carbocycles. The van der Waals surface area contributed by atoms with Crippen LogP contribution in [0.2, 0.25) is 0 Å². The molecule has 2 N–H and O–H groups in total. The van der Waals surface area contributed by atoms with Gasteiger partial charge in [0, 0.05) is 24.7 Å². The summed E-state index contributed by atoms with van der Waals surface area (Å²) in [5.74, 6) is 0.126. The van der Waals surface area contributed by atoms with E-state index in [0.717, 1.165) is 11.3 Å². The highest BCUT2D eigenvalue weighted by molar-refractivity contribution is 5.57. The zero-order valence-electron chi connectivity index (χ0n) is 9.85. The molecule has 1 aromatic rings. The van der Waals surface area contributed by atoms with Gasteiger partial charge >= 0.3 is 6.18 Å². The van der Waals surface area contributed by atoms with Crippen LogP contribution in [0.15, 0.2) is 24.3 Å². The smallest absolute Gasteiger partial charge is 0.384 e. The van der Waals surface area contributed by atoms with E-state index in [1.807, 2.05) is 24.3 Å². The second-order valence-corrected chi connectivity index (χ2v) is 5.13. The van der Waals surface area contributed by atoms with Crippen molar-refractivity contribution in [2.75, 3.05) is 18.4 Å². The van der Waals surface area contributed by atoms with Crippen LogP contribution in [0.4, 0.5) is 18.9 Å². The van der Waals surface area contributed by atoms with Crippen molar-refractivity contribution in [1.82, 2.24) is 5.32 Å². The maximum absolute atomic E-state index is 12.8. The van der Waals surface area contributed by atoms with Gasteiger partial charge in [0.15, 0.2) is 0 Å². The molecule has 2 nitrogen and oxygen atoms in total. The molecule has 1 heterocycles. The van der Waals surface area contributed by atoms with E-state index in [9.17, 15) is 13.2 Å². The summed E-state index contributed by atoms with van der Waals surface area (Å²) in [5.41, 5.74) is 0.550. The Morgan fingerprint density at radius 1 is 1.28 bits per heavy atom. The summed E-state index contributed by atoms with van der Waals surface area (Å²) in [4.78, 5) is 0. The van der Waals surface area contributed by atoms with Gasteiger partial charge in [-0.2, -0.15) is 13.2 Å². The molecule has 0 saturated heterocycles. The summed E-state index contributed by atoms with van der Waals surface area (Å²) in [6.07, 6.45) is -3.71. The molecule has 18 heavy (non-hydrogen) atoms. The highest BCUT2D eigenvalue weighted by Crippen LogP contribution is 2.49. The molecule has 0 spiro atoms. The number of alkyl halides is 3. The van der Waals surface area contributed by atoms with E-state index in [4.69, 9.17) is 0 Å². The molecule has 5 heteroatoms. The predicted molar refractivity (Wildman–Crippen MR) is 63.7 cm³/mol. The lowest BCUT2D eigenvalue weighted by molar-refractivity contribution is -0.165. The van der Waals surface area contributed by atoms with Crippen LogP contribution in [0, 0.1) is 0 Å². The van der Waals surface area contributed by atoms with E-state index in [2.05, 4.69) is 10.6 Å². The van der Waals surface area contributed by atoms with E-state index in [-0.39, 0.29) is 18.8 Å². The summed E-state index contributed by atoms with van der Waals surface area (Å²) < 4.78 is 38.4. The summed E-state index contributed by atoms with van der Waals surface area (Å²) in [6, 6.07) is 7.80. The normalized spacial score (nSPS) is 24.5. The Kier molecular flexibility index (Phi) is 2.55. The minimum atomic E-state index is -4.13. The highest BCUT2D eigenvalue weighted by Gasteiger charge is 2.63. The number of rotatable bonds is 3. The molecule has 2 aliphatic rings. The fourth-order valence-corrected chi connectivity index (χ4v) is 2.54. The maximum atomic E-state index is 12.8. The van der Waals surface area contributed by atoms with Crippen LogP contribution in [0.25, 0.3) is 0 Å². The van der Waals surface area contributed by atoms with Crippen molar-refractivity contribution < 1.29 is 13.2 Å². The second-order valence-electron chi connectivity index (χ2n) is 5.13. The lowest BCUT2D eigenvalue weighted by Gasteiger charge is -2.22. The molecule has 0 bridgehead atoms. The molecule has 98 valence electrons. The van der Waals surface area contributed by atoms with Gasteiger partial charge in [-0.1, -0.05) is 18.2 Å². The minimum Gasteiger partial charge on any atom is -0.384 e. The number of halogens is 3. The van der Waals surface area contributed by atoms with E-state index in [0.29, 0.717) is 13.1 Å². The van der Waals surface area contributed by atoms with E-state index >= 15 is 0 Å². The summed E-state index contributed by atoms with van der Waals surface area (Å²) in [7, 11) is 0. The zero-order chi connectivity index (χ0) is 12.8. The van der Waals surface area contributed by atoms with Crippen molar-refractivity contribution >= 4 is 5.69 Å². The number of hydrogen-bond acceptors (Lipinski definition) is 2. The molecule has 1 unspecified atom stereocenters. The third-order valence-electron chi connectivity index (χ3n) is 3.92. The van der Waals surface area contributed by atoms with Crippen molar-refractivity contribution in [2.24, 2.45) is 0 Å². The lowest BCUT2D eigenvalue weighted by atomic mass is 10.0. The molecule has 0 radical (unpaired) electrons. The summed E-state index contributed by atoms with van der Waals surface area (Å²) >= 11 is 0. The third-order valence-corrected chi connectivity index (χ3v) is 3.92. The maximum Gasteiger partial charge on any atom is 0.406 e. The predicted octanol–water partition coefficient (Wildman–Crippen LogP) is 2.88. The average Bonchev–Trinajstić information content (AvgIpc) is 3.02. The highest BCUT2D eigenvalue weighted by atomic mass is 19.4. The first-order chi connectivity index (χ1) is 8.52. The number of benzene rings is 1. The molecule has 1 fully saturated rings. The van der Waals surface area contributed by atoms with Gasteiger partial charge in [0.2, 0.25) is 0 Å². The van der Waals surface area contributed by atoms with E-state index < -0.39 is 11.7 Å². The van der Waals surface area contributed by atoms with Crippen molar-refractivity contribution in [2.45, 2.75) is 30.5 Å². The van der Waals surface area contributed by atoms with Gasteiger partial charge in [-0.05, 0) is 24.5 Å². The molecule has 0 aromatic heterocycles. The average molecular weight is 256 g/mol. The van der Waals surface area contributed by atoms with Crippen LogP contribution >= 0.6 is 0 Å². The Labute approximate surface area is 104 Å². The lowest BCUT2D eigenvalue weighted by Crippen LogP contribution is -2.46. The van der Waals surface area contributed by atoms with Crippen molar-refractivity contribution in [1.29, 1.82) is 0 Å². The van der Waals surface area contributed by atoms with Crippen molar-refractivity contribution in [3.05, 3.63) is 29.8 Å². The Balaban J connectivity index is 1.66. The first-order valence-corrected chi connectivity index (χ1v) is 6.16. The van der Waals surface area contributed by atoms with Crippen LogP contribution in [-0.2, 0) is 0 Å². The van der Waals surface area contributed by atoms with Crippen molar-refractivity contribution in [3.8, 4) is 0 Å². The monoisotopic (exact) mass is 256 g/mol. The Morgan fingerprint density at radius 2 is 2.00 bits per heavy atom. The van der Waals surface area contributed by atoms with Crippen LogP contribution in [-0.4, -0.2) is 24.8 Å². The molecule has 1 atom stereocenters. The SMILES string of the molecule is FC(F)(F)C1(NCC2CNc3ccccc32)CC1. The van der Waals surface area contributed by atoms with Gasteiger partial charge < -0.3 is 10.6 Å². The molecule has 0 amide bonds. The van der Waals surface area contributed by atoms with Gasteiger partial charge in [-0.25, -0.2) is 0 Å². The number of hydrogen-bond donors (Lipinski definition) is 2. The van der Waals surface area contributed by atoms with Gasteiger partial charge in [-0.3, -0.25) is 0 Å². The number of fused-ring (bicyclic) bond motifs is 1. The fourth-order valence-electron chi connectivity index (χ4n) is 2.54. The Hall–Kier alpha value is -1.23. The Morgan fingerprint density at radius 3 is 2.67 bits per heavy atom. The van der Waals surface area contributed by atoms with Crippen LogP contribution in [0.1, 0.15) is 24.3 Å².